The molecule has 0 saturated carbocycles. The lowest BCUT2D eigenvalue weighted by Gasteiger charge is -2.27. The van der Waals surface area contributed by atoms with Crippen LogP contribution in [-0.4, -0.2) is 24.0 Å². The zero-order chi connectivity index (χ0) is 13.1. The Hall–Kier alpha value is -2.36. The van der Waals surface area contributed by atoms with Gasteiger partial charge in [0.25, 0.3) is 5.91 Å². The molecule has 0 spiro atoms. The molecule has 0 bridgehead atoms. The zero-order valence-corrected chi connectivity index (χ0v) is 10.5. The van der Waals surface area contributed by atoms with Gasteiger partial charge in [0.2, 0.25) is 0 Å². The van der Waals surface area contributed by atoms with E-state index in [0.29, 0.717) is 18.1 Å². The van der Waals surface area contributed by atoms with Gasteiger partial charge in [0.15, 0.2) is 18.2 Å². The highest BCUT2D eigenvalue weighted by atomic mass is 16.5. The number of amides is 1. The third-order valence-corrected chi connectivity index (χ3v) is 3.13. The van der Waals surface area contributed by atoms with Gasteiger partial charge >= 0.3 is 0 Å². The predicted molar refractivity (Wildman–Crippen MR) is 72.2 cm³/mol. The van der Waals surface area contributed by atoms with Gasteiger partial charge < -0.3 is 4.74 Å². The molecule has 0 radical (unpaired) electrons. The van der Waals surface area contributed by atoms with Gasteiger partial charge in [-0.05, 0) is 24.1 Å². The van der Waals surface area contributed by atoms with Crippen molar-refractivity contribution < 1.29 is 9.53 Å². The number of anilines is 1. The molecule has 0 atom stereocenters. The Bertz CT molecular complexity index is 584. The molecule has 0 fully saturated rings. The van der Waals surface area contributed by atoms with E-state index in [1.54, 1.807) is 11.1 Å². The molecule has 4 nitrogen and oxygen atoms in total. The zero-order valence-electron chi connectivity index (χ0n) is 10.5. The number of hydrogen-bond acceptors (Lipinski definition) is 3. The van der Waals surface area contributed by atoms with Crippen LogP contribution in [0.3, 0.4) is 0 Å². The summed E-state index contributed by atoms with van der Waals surface area (Å²) in [5.41, 5.74) is 1.21. The monoisotopic (exact) mass is 254 g/mol. The molecule has 1 amide bonds. The minimum Gasteiger partial charge on any atom is -0.480 e. The number of aromatic nitrogens is 1. The van der Waals surface area contributed by atoms with E-state index in [2.05, 4.69) is 17.1 Å². The number of ether oxygens (including phenoxy) is 1. The van der Waals surface area contributed by atoms with Crippen LogP contribution < -0.4 is 9.64 Å². The first-order chi connectivity index (χ1) is 9.34. The Kier molecular flexibility index (Phi) is 3.14. The molecular formula is C15H14N2O2. The molecule has 0 saturated heterocycles. The quantitative estimate of drug-likeness (QED) is 0.842. The maximum atomic E-state index is 11.9. The highest BCUT2D eigenvalue weighted by molar-refractivity contribution is 5.96. The molecule has 1 aliphatic heterocycles. The third kappa shape index (κ3) is 2.42. The van der Waals surface area contributed by atoms with Gasteiger partial charge in [0.1, 0.15) is 0 Å². The van der Waals surface area contributed by atoms with E-state index in [1.165, 1.54) is 5.56 Å². The largest absolute Gasteiger partial charge is 0.480 e. The van der Waals surface area contributed by atoms with Crippen LogP contribution >= 0.6 is 0 Å². The first-order valence-corrected chi connectivity index (χ1v) is 6.27. The Morgan fingerprint density at radius 3 is 2.84 bits per heavy atom. The number of rotatable bonds is 3. The third-order valence-electron chi connectivity index (χ3n) is 3.13. The fraction of sp³-hybridized carbons (Fsp3) is 0.200. The summed E-state index contributed by atoms with van der Waals surface area (Å²) in [4.78, 5) is 17.9. The highest BCUT2D eigenvalue weighted by Gasteiger charge is 2.25. The Morgan fingerprint density at radius 2 is 2.00 bits per heavy atom. The van der Waals surface area contributed by atoms with Gasteiger partial charge in [-0.3, -0.25) is 9.69 Å². The first kappa shape index (κ1) is 11.7. The van der Waals surface area contributed by atoms with Crippen LogP contribution in [0.1, 0.15) is 5.56 Å². The van der Waals surface area contributed by atoms with E-state index in [-0.39, 0.29) is 12.5 Å². The molecule has 1 aromatic carbocycles. The summed E-state index contributed by atoms with van der Waals surface area (Å²) in [7, 11) is 0. The molecule has 2 heterocycles. The minimum atomic E-state index is -0.0397. The maximum Gasteiger partial charge on any atom is 0.266 e. The van der Waals surface area contributed by atoms with Crippen LogP contribution in [0.25, 0.3) is 0 Å². The molecule has 3 rings (SSSR count). The smallest absolute Gasteiger partial charge is 0.266 e. The second-order valence-electron chi connectivity index (χ2n) is 4.39. The lowest BCUT2D eigenvalue weighted by Crippen LogP contribution is -2.40. The summed E-state index contributed by atoms with van der Waals surface area (Å²) in [5.74, 6) is 1.26. The van der Waals surface area contributed by atoms with Crippen LogP contribution in [0.15, 0.2) is 48.7 Å². The standard InChI is InChI=1S/C15H14N2O2/c18-14-11-19-13-7-4-9-16-15(13)17(14)10-8-12-5-2-1-3-6-12/h1-7,9H,8,10-11H2. The molecule has 19 heavy (non-hydrogen) atoms. The van der Waals surface area contributed by atoms with E-state index in [9.17, 15) is 4.79 Å². The second-order valence-corrected chi connectivity index (χ2v) is 4.39. The summed E-state index contributed by atoms with van der Waals surface area (Å²) in [6.07, 6.45) is 2.49. The normalized spacial score (nSPS) is 13.9. The van der Waals surface area contributed by atoms with Gasteiger partial charge in [-0.25, -0.2) is 4.98 Å². The van der Waals surface area contributed by atoms with Crippen LogP contribution in [0, 0.1) is 0 Å². The van der Waals surface area contributed by atoms with Crippen LogP contribution in [0.5, 0.6) is 5.75 Å². The second kappa shape index (κ2) is 5.10. The van der Waals surface area contributed by atoms with Crippen molar-refractivity contribution >= 4 is 11.7 Å². The average Bonchev–Trinajstić information content (AvgIpc) is 2.47. The SMILES string of the molecule is O=C1COc2cccnc2N1CCc1ccccc1. The number of carbonyl (C=O) groups excluding carboxylic acids is 1. The summed E-state index contributed by atoms with van der Waals surface area (Å²) in [6, 6.07) is 13.8. The molecule has 0 unspecified atom stereocenters. The van der Waals surface area contributed by atoms with Crippen molar-refractivity contribution in [2.75, 3.05) is 18.1 Å². The van der Waals surface area contributed by atoms with Gasteiger partial charge in [0.05, 0.1) is 0 Å². The van der Waals surface area contributed by atoms with E-state index in [1.807, 2.05) is 30.3 Å². The topological polar surface area (TPSA) is 42.4 Å². The van der Waals surface area contributed by atoms with Crippen molar-refractivity contribution in [1.82, 2.24) is 4.98 Å². The lowest BCUT2D eigenvalue weighted by molar-refractivity contribution is -0.121. The molecule has 0 N–H and O–H groups in total. The van der Waals surface area contributed by atoms with Crippen molar-refractivity contribution in [2.45, 2.75) is 6.42 Å². The Labute approximate surface area is 111 Å². The highest BCUT2D eigenvalue weighted by Crippen LogP contribution is 2.28. The van der Waals surface area contributed by atoms with Gasteiger partial charge in [0, 0.05) is 12.7 Å². The Balaban J connectivity index is 1.79. The number of pyridine rings is 1. The summed E-state index contributed by atoms with van der Waals surface area (Å²) < 4.78 is 5.36. The van der Waals surface area contributed by atoms with Crippen molar-refractivity contribution in [1.29, 1.82) is 0 Å². The number of nitrogens with zero attached hydrogens (tertiary/aromatic N) is 2. The van der Waals surface area contributed by atoms with Gasteiger partial charge in [-0.15, -0.1) is 0 Å². The predicted octanol–water partition coefficient (Wildman–Crippen LogP) is 2.05. The van der Waals surface area contributed by atoms with Crippen molar-refractivity contribution in [3.63, 3.8) is 0 Å². The first-order valence-electron chi connectivity index (χ1n) is 6.27. The number of hydrogen-bond donors (Lipinski definition) is 0. The Morgan fingerprint density at radius 1 is 1.16 bits per heavy atom. The molecular weight excluding hydrogens is 240 g/mol. The number of benzene rings is 1. The van der Waals surface area contributed by atoms with Gasteiger partial charge in [-0.2, -0.15) is 0 Å². The van der Waals surface area contributed by atoms with E-state index in [4.69, 9.17) is 4.74 Å². The minimum absolute atomic E-state index is 0.0397. The van der Waals surface area contributed by atoms with Crippen molar-refractivity contribution in [3.05, 3.63) is 54.2 Å². The summed E-state index contributed by atoms with van der Waals surface area (Å²) >= 11 is 0. The number of carbonyl (C=O) groups is 1. The van der Waals surface area contributed by atoms with E-state index in [0.717, 1.165) is 6.42 Å². The summed E-state index contributed by atoms with van der Waals surface area (Å²) in [5, 5.41) is 0. The van der Waals surface area contributed by atoms with Crippen LogP contribution in [-0.2, 0) is 11.2 Å². The van der Waals surface area contributed by atoms with Crippen LogP contribution in [0.2, 0.25) is 0 Å². The lowest BCUT2D eigenvalue weighted by atomic mass is 10.1. The molecule has 2 aromatic rings. The van der Waals surface area contributed by atoms with Gasteiger partial charge in [-0.1, -0.05) is 30.3 Å². The fourth-order valence-electron chi connectivity index (χ4n) is 2.15. The van der Waals surface area contributed by atoms with Crippen molar-refractivity contribution in [3.8, 4) is 5.75 Å². The molecule has 1 aromatic heterocycles. The van der Waals surface area contributed by atoms with Crippen LogP contribution in [0.4, 0.5) is 5.82 Å². The molecule has 4 heteroatoms. The molecule has 1 aliphatic rings. The van der Waals surface area contributed by atoms with E-state index >= 15 is 0 Å². The van der Waals surface area contributed by atoms with E-state index < -0.39 is 0 Å². The fourth-order valence-corrected chi connectivity index (χ4v) is 2.15. The molecule has 0 aliphatic carbocycles. The molecule has 96 valence electrons. The number of fused-ring (bicyclic) bond motifs is 1. The van der Waals surface area contributed by atoms with Crippen molar-refractivity contribution in [2.24, 2.45) is 0 Å². The summed E-state index contributed by atoms with van der Waals surface area (Å²) in [6.45, 7) is 0.712. The average molecular weight is 254 g/mol. The maximum absolute atomic E-state index is 11.9.